The maximum Gasteiger partial charge on any atom is 0.0728 e. The molecule has 0 spiro atoms. The van der Waals surface area contributed by atoms with Crippen LogP contribution in [0.1, 0.15) is 27.2 Å². The Morgan fingerprint density at radius 2 is 2.26 bits per heavy atom. The van der Waals surface area contributed by atoms with Crippen LogP contribution in [-0.4, -0.2) is 51.4 Å². The maximum atomic E-state index is 4.44. The van der Waals surface area contributed by atoms with E-state index in [-0.39, 0.29) is 0 Å². The monoisotopic (exact) mass is 282 g/mol. The van der Waals surface area contributed by atoms with Crippen molar-refractivity contribution in [1.82, 2.24) is 14.7 Å². The first-order valence-electron chi connectivity index (χ1n) is 7.34. The third-order valence-corrected chi connectivity index (χ3v) is 5.10. The van der Waals surface area contributed by atoms with E-state index in [0.29, 0.717) is 6.04 Å². The van der Waals surface area contributed by atoms with Gasteiger partial charge in [-0.2, -0.15) is 16.9 Å². The maximum absolute atomic E-state index is 4.44. The van der Waals surface area contributed by atoms with Gasteiger partial charge in [0.05, 0.1) is 18.4 Å². The average Bonchev–Trinajstić information content (AvgIpc) is 3.01. The van der Waals surface area contributed by atoms with Crippen molar-refractivity contribution in [2.45, 2.75) is 45.0 Å². The highest BCUT2D eigenvalue weighted by Gasteiger charge is 2.21. The lowest BCUT2D eigenvalue weighted by Gasteiger charge is -2.17. The zero-order valence-corrected chi connectivity index (χ0v) is 13.1. The number of thioether (sulfide) groups is 1. The highest BCUT2D eigenvalue weighted by atomic mass is 32.2. The molecule has 1 aromatic rings. The Morgan fingerprint density at radius 1 is 1.47 bits per heavy atom. The van der Waals surface area contributed by atoms with Crippen molar-refractivity contribution in [3.05, 3.63) is 12.4 Å². The molecule has 5 heteroatoms. The second kappa shape index (κ2) is 7.20. The van der Waals surface area contributed by atoms with Gasteiger partial charge in [-0.15, -0.1) is 0 Å². The Balaban J connectivity index is 1.78. The molecule has 0 saturated carbocycles. The predicted molar refractivity (Wildman–Crippen MR) is 84.0 cm³/mol. The van der Waals surface area contributed by atoms with Gasteiger partial charge < -0.3 is 10.2 Å². The van der Waals surface area contributed by atoms with Crippen LogP contribution in [0.3, 0.4) is 0 Å². The largest absolute Gasteiger partial charge is 0.379 e. The summed E-state index contributed by atoms with van der Waals surface area (Å²) >= 11 is 2.06. The summed E-state index contributed by atoms with van der Waals surface area (Å²) in [5.41, 5.74) is 1.17. The van der Waals surface area contributed by atoms with Crippen LogP contribution in [0.5, 0.6) is 0 Å². The van der Waals surface area contributed by atoms with E-state index in [2.05, 4.69) is 54.0 Å². The minimum Gasteiger partial charge on any atom is -0.379 e. The standard InChI is InChI=1S/C14H26N4S/c1-4-17(5-2)6-7-18-10-14(9-15-18)16-13-8-12(3)19-11-13/h9-10,12-13,16H,4-8,11H2,1-3H3. The molecule has 0 bridgehead atoms. The molecule has 0 amide bonds. The van der Waals surface area contributed by atoms with Crippen LogP contribution in [0.4, 0.5) is 5.69 Å². The molecule has 2 unspecified atom stereocenters. The molecule has 0 aliphatic carbocycles. The minimum absolute atomic E-state index is 0.612. The van der Waals surface area contributed by atoms with Crippen molar-refractivity contribution in [2.75, 3.05) is 30.7 Å². The second-order valence-corrected chi connectivity index (χ2v) is 6.71. The van der Waals surface area contributed by atoms with Crippen LogP contribution in [0.2, 0.25) is 0 Å². The summed E-state index contributed by atoms with van der Waals surface area (Å²) in [6.45, 7) is 11.0. The Kier molecular flexibility index (Phi) is 5.58. The number of likely N-dealkylation sites (N-methyl/N-ethyl adjacent to an activating group) is 1. The Morgan fingerprint density at radius 3 is 2.89 bits per heavy atom. The van der Waals surface area contributed by atoms with Gasteiger partial charge in [0, 0.05) is 29.8 Å². The van der Waals surface area contributed by atoms with Gasteiger partial charge in [-0.25, -0.2) is 0 Å². The fraction of sp³-hybridized carbons (Fsp3) is 0.786. The molecule has 1 aliphatic rings. The summed E-state index contributed by atoms with van der Waals surface area (Å²) in [5.74, 6) is 1.21. The number of hydrogen-bond donors (Lipinski definition) is 1. The Hall–Kier alpha value is -0.680. The van der Waals surface area contributed by atoms with Crippen LogP contribution < -0.4 is 5.32 Å². The molecule has 2 rings (SSSR count). The van der Waals surface area contributed by atoms with E-state index in [4.69, 9.17) is 0 Å². The van der Waals surface area contributed by atoms with Gasteiger partial charge in [-0.05, 0) is 19.5 Å². The summed E-state index contributed by atoms with van der Waals surface area (Å²) in [4.78, 5) is 2.42. The van der Waals surface area contributed by atoms with E-state index in [1.54, 1.807) is 0 Å². The van der Waals surface area contributed by atoms with E-state index < -0.39 is 0 Å². The van der Waals surface area contributed by atoms with Crippen LogP contribution >= 0.6 is 11.8 Å². The molecule has 0 aromatic carbocycles. The van der Waals surface area contributed by atoms with Crippen LogP contribution in [0, 0.1) is 0 Å². The lowest BCUT2D eigenvalue weighted by atomic mass is 10.2. The molecule has 108 valence electrons. The number of nitrogens with one attached hydrogen (secondary N) is 1. The summed E-state index contributed by atoms with van der Waals surface area (Å²) in [6, 6.07) is 0.612. The van der Waals surface area contributed by atoms with E-state index in [1.807, 2.05) is 10.9 Å². The molecule has 4 nitrogen and oxygen atoms in total. The van der Waals surface area contributed by atoms with Gasteiger partial charge in [-0.3, -0.25) is 4.68 Å². The fourth-order valence-electron chi connectivity index (χ4n) is 2.50. The highest BCUT2D eigenvalue weighted by molar-refractivity contribution is 8.00. The highest BCUT2D eigenvalue weighted by Crippen LogP contribution is 2.28. The molecule has 0 radical (unpaired) electrons. The molecule has 1 N–H and O–H groups in total. The molecule has 19 heavy (non-hydrogen) atoms. The smallest absolute Gasteiger partial charge is 0.0728 e. The Bertz CT molecular complexity index is 375. The third kappa shape index (κ3) is 4.42. The minimum atomic E-state index is 0.612. The molecular weight excluding hydrogens is 256 g/mol. The van der Waals surface area contributed by atoms with Crippen molar-refractivity contribution in [3.63, 3.8) is 0 Å². The number of hydrogen-bond acceptors (Lipinski definition) is 4. The van der Waals surface area contributed by atoms with Gasteiger partial charge in [0.2, 0.25) is 0 Å². The number of aromatic nitrogens is 2. The van der Waals surface area contributed by atoms with Crippen molar-refractivity contribution in [1.29, 1.82) is 0 Å². The topological polar surface area (TPSA) is 33.1 Å². The van der Waals surface area contributed by atoms with E-state index in [1.165, 1.54) is 17.9 Å². The van der Waals surface area contributed by atoms with Gasteiger partial charge >= 0.3 is 0 Å². The summed E-state index contributed by atoms with van der Waals surface area (Å²) in [7, 11) is 0. The number of nitrogens with zero attached hydrogens (tertiary/aromatic N) is 3. The van der Waals surface area contributed by atoms with Crippen molar-refractivity contribution in [2.24, 2.45) is 0 Å². The van der Waals surface area contributed by atoms with E-state index in [0.717, 1.165) is 31.4 Å². The number of rotatable bonds is 7. The quantitative estimate of drug-likeness (QED) is 0.833. The van der Waals surface area contributed by atoms with E-state index >= 15 is 0 Å². The van der Waals surface area contributed by atoms with Crippen molar-refractivity contribution >= 4 is 17.4 Å². The fourth-order valence-corrected chi connectivity index (χ4v) is 3.65. The first-order chi connectivity index (χ1) is 9.21. The van der Waals surface area contributed by atoms with Gasteiger partial charge in [0.15, 0.2) is 0 Å². The molecule has 1 saturated heterocycles. The van der Waals surface area contributed by atoms with Gasteiger partial charge in [0.1, 0.15) is 0 Å². The zero-order chi connectivity index (χ0) is 13.7. The first-order valence-corrected chi connectivity index (χ1v) is 8.39. The predicted octanol–water partition coefficient (Wildman–Crippen LogP) is 2.53. The summed E-state index contributed by atoms with van der Waals surface area (Å²) in [6.07, 6.45) is 5.35. The molecule has 2 atom stereocenters. The van der Waals surface area contributed by atoms with Crippen LogP contribution in [0.15, 0.2) is 12.4 Å². The normalized spacial score (nSPS) is 23.2. The third-order valence-electron chi connectivity index (χ3n) is 3.74. The van der Waals surface area contributed by atoms with Crippen LogP contribution in [0.25, 0.3) is 0 Å². The van der Waals surface area contributed by atoms with Gasteiger partial charge in [0.25, 0.3) is 0 Å². The van der Waals surface area contributed by atoms with E-state index in [9.17, 15) is 0 Å². The van der Waals surface area contributed by atoms with Crippen LogP contribution in [-0.2, 0) is 6.54 Å². The molecule has 1 fully saturated rings. The Labute approximate surface area is 120 Å². The average molecular weight is 282 g/mol. The van der Waals surface area contributed by atoms with Crippen molar-refractivity contribution < 1.29 is 0 Å². The number of anilines is 1. The molecule has 1 aliphatic heterocycles. The van der Waals surface area contributed by atoms with Crippen molar-refractivity contribution in [3.8, 4) is 0 Å². The summed E-state index contributed by atoms with van der Waals surface area (Å²) < 4.78 is 2.05. The molecule has 2 heterocycles. The van der Waals surface area contributed by atoms with Gasteiger partial charge in [-0.1, -0.05) is 20.8 Å². The summed E-state index contributed by atoms with van der Waals surface area (Å²) in [5, 5.41) is 8.82. The lowest BCUT2D eigenvalue weighted by molar-refractivity contribution is 0.285. The second-order valence-electron chi connectivity index (χ2n) is 5.24. The lowest BCUT2D eigenvalue weighted by Crippen LogP contribution is -2.27. The SMILES string of the molecule is CCN(CC)CCn1cc(NC2CSC(C)C2)cn1. The molecular formula is C14H26N4S. The molecule has 1 aromatic heterocycles. The zero-order valence-electron chi connectivity index (χ0n) is 12.3. The first kappa shape index (κ1) is 14.7.